The predicted molar refractivity (Wildman–Crippen MR) is 54.4 cm³/mol. The Balaban J connectivity index is 3.05. The van der Waals surface area contributed by atoms with Crippen LogP contribution in [0.4, 0.5) is 17.6 Å². The number of hydrogen-bond donors (Lipinski definition) is 1. The average Bonchev–Trinajstić information content (AvgIpc) is 2.19. The molecule has 0 heterocycles. The fraction of sp³-hybridized carbons (Fsp3) is 0.273. The maximum Gasteiger partial charge on any atom is 0.419 e. The lowest BCUT2D eigenvalue weighted by molar-refractivity contribution is -0.140. The van der Waals surface area contributed by atoms with Crippen molar-refractivity contribution in [2.24, 2.45) is 0 Å². The highest BCUT2D eigenvalue weighted by molar-refractivity contribution is 5.52. The molecule has 1 rings (SSSR count). The molecule has 0 atom stereocenters. The summed E-state index contributed by atoms with van der Waals surface area (Å²) >= 11 is 0. The fourth-order valence-corrected chi connectivity index (χ4v) is 1.20. The van der Waals surface area contributed by atoms with Gasteiger partial charge in [-0.2, -0.15) is 13.2 Å². The topological polar surface area (TPSA) is 12.0 Å². The van der Waals surface area contributed by atoms with E-state index in [1.54, 1.807) is 13.1 Å². The highest BCUT2D eigenvalue weighted by Gasteiger charge is 2.34. The van der Waals surface area contributed by atoms with E-state index in [1.807, 2.05) is 0 Å². The van der Waals surface area contributed by atoms with Gasteiger partial charge < -0.3 is 5.32 Å². The molecular weight excluding hydrogens is 222 g/mol. The van der Waals surface area contributed by atoms with Crippen molar-refractivity contribution in [1.29, 1.82) is 0 Å². The summed E-state index contributed by atoms with van der Waals surface area (Å²) in [5.74, 6) is -1.23. The summed E-state index contributed by atoms with van der Waals surface area (Å²) < 4.78 is 50.4. The van der Waals surface area contributed by atoms with Crippen LogP contribution in [0.5, 0.6) is 0 Å². The van der Waals surface area contributed by atoms with Crippen molar-refractivity contribution in [2.75, 3.05) is 13.6 Å². The molecule has 0 aliphatic rings. The molecule has 0 saturated carbocycles. The van der Waals surface area contributed by atoms with Crippen LogP contribution in [0.25, 0.3) is 6.08 Å². The fourth-order valence-electron chi connectivity index (χ4n) is 1.20. The quantitative estimate of drug-likeness (QED) is 0.791. The maximum absolute atomic E-state index is 13.4. The van der Waals surface area contributed by atoms with Gasteiger partial charge in [0.25, 0.3) is 0 Å². The second kappa shape index (κ2) is 5.12. The number of nitrogens with one attached hydrogen (secondary N) is 1. The largest absolute Gasteiger partial charge is 0.419 e. The number of benzene rings is 1. The molecule has 0 bridgehead atoms. The Hall–Kier alpha value is -1.36. The third kappa shape index (κ3) is 3.06. The minimum atomic E-state index is -4.66. The molecule has 1 aromatic rings. The molecule has 0 unspecified atom stereocenters. The van der Waals surface area contributed by atoms with E-state index in [0.29, 0.717) is 6.54 Å². The Kier molecular flexibility index (Phi) is 4.06. The highest BCUT2D eigenvalue weighted by Crippen LogP contribution is 2.32. The molecule has 0 aromatic heterocycles. The first kappa shape index (κ1) is 12.7. The van der Waals surface area contributed by atoms with Crippen molar-refractivity contribution in [1.82, 2.24) is 5.32 Å². The normalized spacial score (nSPS) is 12.3. The minimum Gasteiger partial charge on any atom is -0.316 e. The summed E-state index contributed by atoms with van der Waals surface area (Å²) in [6, 6.07) is 3.21. The van der Waals surface area contributed by atoms with Gasteiger partial charge in [0, 0.05) is 12.1 Å². The van der Waals surface area contributed by atoms with Gasteiger partial charge in [-0.3, -0.25) is 0 Å². The lowest BCUT2D eigenvalue weighted by Gasteiger charge is -2.09. The van der Waals surface area contributed by atoms with E-state index >= 15 is 0 Å². The molecule has 16 heavy (non-hydrogen) atoms. The summed E-state index contributed by atoms with van der Waals surface area (Å²) in [5.41, 5.74) is -1.30. The van der Waals surface area contributed by atoms with Crippen molar-refractivity contribution in [3.63, 3.8) is 0 Å². The first-order chi connectivity index (χ1) is 7.46. The highest BCUT2D eigenvalue weighted by atomic mass is 19.4. The summed E-state index contributed by atoms with van der Waals surface area (Å²) in [7, 11) is 1.69. The molecule has 0 aliphatic carbocycles. The van der Waals surface area contributed by atoms with Crippen LogP contribution in [0.1, 0.15) is 11.1 Å². The van der Waals surface area contributed by atoms with Crippen LogP contribution < -0.4 is 5.32 Å². The molecule has 0 fully saturated rings. The van der Waals surface area contributed by atoms with Crippen molar-refractivity contribution >= 4 is 6.08 Å². The van der Waals surface area contributed by atoms with Gasteiger partial charge in [-0.15, -0.1) is 0 Å². The lowest BCUT2D eigenvalue weighted by Crippen LogP contribution is -2.09. The first-order valence-corrected chi connectivity index (χ1v) is 4.63. The Labute approximate surface area is 90.8 Å². The average molecular weight is 233 g/mol. The number of hydrogen-bond acceptors (Lipinski definition) is 1. The maximum atomic E-state index is 13.4. The van der Waals surface area contributed by atoms with Gasteiger partial charge in [-0.25, -0.2) is 4.39 Å². The van der Waals surface area contributed by atoms with Crippen LogP contribution in [0.15, 0.2) is 24.3 Å². The molecule has 0 aliphatic heterocycles. The molecular formula is C11H11F4N. The summed E-state index contributed by atoms with van der Waals surface area (Å²) in [6.45, 7) is 0.468. The molecule has 88 valence electrons. The molecule has 5 heteroatoms. The van der Waals surface area contributed by atoms with Crippen LogP contribution in [0.2, 0.25) is 0 Å². The Morgan fingerprint density at radius 3 is 2.56 bits per heavy atom. The molecule has 0 amide bonds. The van der Waals surface area contributed by atoms with Crippen LogP contribution in [0, 0.1) is 5.82 Å². The molecule has 1 N–H and O–H groups in total. The summed E-state index contributed by atoms with van der Waals surface area (Å²) in [4.78, 5) is 0. The number of rotatable bonds is 3. The second-order valence-electron chi connectivity index (χ2n) is 3.17. The summed E-state index contributed by atoms with van der Waals surface area (Å²) in [6.07, 6.45) is -1.78. The third-order valence-electron chi connectivity index (χ3n) is 1.95. The second-order valence-corrected chi connectivity index (χ2v) is 3.17. The van der Waals surface area contributed by atoms with Crippen LogP contribution in [-0.2, 0) is 6.18 Å². The van der Waals surface area contributed by atoms with Gasteiger partial charge in [0.1, 0.15) is 5.82 Å². The Morgan fingerprint density at radius 1 is 1.31 bits per heavy atom. The van der Waals surface area contributed by atoms with Gasteiger partial charge in [0.2, 0.25) is 0 Å². The van der Waals surface area contributed by atoms with Gasteiger partial charge in [-0.1, -0.05) is 24.3 Å². The van der Waals surface area contributed by atoms with Crippen molar-refractivity contribution in [3.8, 4) is 0 Å². The van der Waals surface area contributed by atoms with Crippen molar-refractivity contribution in [2.45, 2.75) is 6.18 Å². The Bertz CT molecular complexity index is 382. The SMILES string of the molecule is CNCC=Cc1cccc(C(F)(F)F)c1F. The zero-order valence-electron chi connectivity index (χ0n) is 8.61. The molecule has 0 saturated heterocycles. The van der Waals surface area contributed by atoms with E-state index in [0.717, 1.165) is 6.07 Å². The molecule has 1 nitrogen and oxygen atoms in total. The van der Waals surface area contributed by atoms with Crippen molar-refractivity contribution in [3.05, 3.63) is 41.2 Å². The van der Waals surface area contributed by atoms with E-state index in [2.05, 4.69) is 5.32 Å². The van der Waals surface area contributed by atoms with Gasteiger partial charge >= 0.3 is 6.18 Å². The van der Waals surface area contributed by atoms with Gasteiger partial charge in [0.15, 0.2) is 0 Å². The van der Waals surface area contributed by atoms with E-state index in [4.69, 9.17) is 0 Å². The van der Waals surface area contributed by atoms with Crippen molar-refractivity contribution < 1.29 is 17.6 Å². The minimum absolute atomic E-state index is 0.0647. The third-order valence-corrected chi connectivity index (χ3v) is 1.95. The number of alkyl halides is 3. The van der Waals surface area contributed by atoms with E-state index < -0.39 is 17.6 Å². The smallest absolute Gasteiger partial charge is 0.316 e. The Morgan fingerprint density at radius 2 is 2.00 bits per heavy atom. The molecule has 1 aromatic carbocycles. The molecule has 0 spiro atoms. The van der Waals surface area contributed by atoms with E-state index in [1.165, 1.54) is 18.2 Å². The van der Waals surface area contributed by atoms with E-state index in [9.17, 15) is 17.6 Å². The summed E-state index contributed by atoms with van der Waals surface area (Å²) in [5, 5.41) is 2.77. The van der Waals surface area contributed by atoms with Gasteiger partial charge in [0.05, 0.1) is 5.56 Å². The predicted octanol–water partition coefficient (Wildman–Crippen LogP) is 3.08. The van der Waals surface area contributed by atoms with Crippen LogP contribution in [0.3, 0.4) is 0 Å². The monoisotopic (exact) mass is 233 g/mol. The standard InChI is InChI=1S/C11H11F4N/c1-16-7-3-5-8-4-2-6-9(10(8)12)11(13,14)15/h2-6,16H,7H2,1H3. The number of likely N-dealkylation sites (N-methyl/N-ethyl adjacent to an activating group) is 1. The zero-order chi connectivity index (χ0) is 12.2. The van der Waals surface area contributed by atoms with Crippen LogP contribution in [-0.4, -0.2) is 13.6 Å². The molecule has 0 radical (unpaired) electrons. The lowest BCUT2D eigenvalue weighted by atomic mass is 10.1. The first-order valence-electron chi connectivity index (χ1n) is 4.63. The zero-order valence-corrected chi connectivity index (χ0v) is 8.61. The van der Waals surface area contributed by atoms with E-state index in [-0.39, 0.29) is 5.56 Å². The van der Waals surface area contributed by atoms with Crippen LogP contribution >= 0.6 is 0 Å². The number of halogens is 4. The van der Waals surface area contributed by atoms with Gasteiger partial charge in [-0.05, 0) is 13.1 Å².